The normalized spacial score (nSPS) is 12.8. The lowest BCUT2D eigenvalue weighted by Crippen LogP contribution is -2.41. The molecule has 3 aromatic rings. The maximum atomic E-state index is 5.94. The number of para-hydroxylation sites is 1. The molecule has 0 amide bonds. The zero-order valence-corrected chi connectivity index (χ0v) is 15.5. The van der Waals surface area contributed by atoms with Crippen molar-refractivity contribution in [2.24, 2.45) is 4.99 Å². The number of ether oxygens (including phenoxy) is 1. The Morgan fingerprint density at radius 3 is 2.73 bits per heavy atom. The number of aromatic nitrogens is 1. The number of aliphatic imine (C=N–C) groups is 1. The average Bonchev–Trinajstić information content (AvgIpc) is 3.05. The number of aromatic amines is 1. The van der Waals surface area contributed by atoms with Crippen molar-refractivity contribution in [2.45, 2.75) is 26.5 Å². The Balaban J connectivity index is 1.48. The molecule has 0 bridgehead atoms. The van der Waals surface area contributed by atoms with Gasteiger partial charge in [-0.05, 0) is 49.1 Å². The first kappa shape index (κ1) is 17.9. The first-order valence-corrected chi connectivity index (χ1v) is 8.88. The average molecular weight is 350 g/mol. The second kappa shape index (κ2) is 8.43. The Bertz CT molecular complexity index is 851. The number of rotatable bonds is 6. The fourth-order valence-corrected chi connectivity index (χ4v) is 2.83. The quantitative estimate of drug-likeness (QED) is 0.470. The summed E-state index contributed by atoms with van der Waals surface area (Å²) >= 11 is 0. The van der Waals surface area contributed by atoms with Crippen LogP contribution < -0.4 is 15.4 Å². The molecule has 0 spiro atoms. The molecule has 5 nitrogen and oxygen atoms in total. The summed E-state index contributed by atoms with van der Waals surface area (Å²) in [6.45, 7) is 5.45. The minimum Gasteiger partial charge on any atom is -0.489 e. The Morgan fingerprint density at radius 1 is 1.12 bits per heavy atom. The van der Waals surface area contributed by atoms with Crippen LogP contribution in [0.2, 0.25) is 0 Å². The van der Waals surface area contributed by atoms with Crippen LogP contribution in [0.15, 0.2) is 59.6 Å². The molecular weight excluding hydrogens is 324 g/mol. The number of fused-ring (bicyclic) bond motifs is 1. The molecule has 5 heteroatoms. The van der Waals surface area contributed by atoms with E-state index >= 15 is 0 Å². The first-order valence-electron chi connectivity index (χ1n) is 8.88. The fraction of sp³-hybridized carbons (Fsp3) is 0.286. The third-order valence-corrected chi connectivity index (χ3v) is 4.14. The maximum absolute atomic E-state index is 5.94. The van der Waals surface area contributed by atoms with E-state index in [-0.39, 0.29) is 6.10 Å². The molecule has 136 valence electrons. The number of nitrogens with zero attached hydrogens (tertiary/aromatic N) is 1. The van der Waals surface area contributed by atoms with Crippen LogP contribution in [0, 0.1) is 6.92 Å². The highest BCUT2D eigenvalue weighted by molar-refractivity contribution is 5.81. The maximum Gasteiger partial charge on any atom is 0.191 e. The third-order valence-electron chi connectivity index (χ3n) is 4.14. The van der Waals surface area contributed by atoms with E-state index in [2.05, 4.69) is 51.8 Å². The molecule has 2 aromatic carbocycles. The van der Waals surface area contributed by atoms with Gasteiger partial charge in [-0.15, -0.1) is 0 Å². The first-order chi connectivity index (χ1) is 12.6. The summed E-state index contributed by atoms with van der Waals surface area (Å²) in [5, 5.41) is 7.85. The molecule has 1 aromatic heterocycles. The summed E-state index contributed by atoms with van der Waals surface area (Å²) in [6.07, 6.45) is 0.0309. The Labute approximate surface area is 154 Å². The summed E-state index contributed by atoms with van der Waals surface area (Å²) in [4.78, 5) is 7.68. The topological polar surface area (TPSA) is 61.4 Å². The van der Waals surface area contributed by atoms with Crippen molar-refractivity contribution in [1.29, 1.82) is 0 Å². The number of hydrogen-bond donors (Lipinski definition) is 3. The van der Waals surface area contributed by atoms with Gasteiger partial charge in [0.05, 0.1) is 13.1 Å². The van der Waals surface area contributed by atoms with Crippen LogP contribution in [0.5, 0.6) is 5.75 Å². The number of guanidine groups is 1. The number of H-pyrrole nitrogens is 1. The SMILES string of the molecule is CN=C(NCc1cc2ccccc2[nH]1)NCC(C)Oc1cccc(C)c1. The van der Waals surface area contributed by atoms with Gasteiger partial charge in [0.15, 0.2) is 5.96 Å². The Hall–Kier alpha value is -2.95. The second-order valence-electron chi connectivity index (χ2n) is 6.43. The molecule has 1 unspecified atom stereocenters. The summed E-state index contributed by atoms with van der Waals surface area (Å²) in [6, 6.07) is 18.5. The van der Waals surface area contributed by atoms with Crippen LogP contribution in [-0.2, 0) is 6.54 Å². The molecule has 3 N–H and O–H groups in total. The number of nitrogens with one attached hydrogen (secondary N) is 3. The van der Waals surface area contributed by atoms with Crippen molar-refractivity contribution in [3.8, 4) is 5.75 Å². The van der Waals surface area contributed by atoms with Crippen LogP contribution in [-0.4, -0.2) is 30.6 Å². The van der Waals surface area contributed by atoms with Gasteiger partial charge >= 0.3 is 0 Å². The molecule has 0 radical (unpaired) electrons. The van der Waals surface area contributed by atoms with Crippen LogP contribution in [0.1, 0.15) is 18.2 Å². The van der Waals surface area contributed by atoms with E-state index in [0.29, 0.717) is 13.1 Å². The molecule has 0 saturated carbocycles. The fourth-order valence-electron chi connectivity index (χ4n) is 2.83. The van der Waals surface area contributed by atoms with E-state index in [4.69, 9.17) is 4.74 Å². The second-order valence-corrected chi connectivity index (χ2v) is 6.43. The summed E-state index contributed by atoms with van der Waals surface area (Å²) in [5.74, 6) is 1.64. The van der Waals surface area contributed by atoms with Crippen LogP contribution in [0.3, 0.4) is 0 Å². The van der Waals surface area contributed by atoms with Gasteiger partial charge in [0.2, 0.25) is 0 Å². The van der Waals surface area contributed by atoms with Crippen LogP contribution >= 0.6 is 0 Å². The lowest BCUT2D eigenvalue weighted by Gasteiger charge is -2.18. The van der Waals surface area contributed by atoms with Crippen molar-refractivity contribution in [2.75, 3.05) is 13.6 Å². The van der Waals surface area contributed by atoms with Crippen molar-refractivity contribution in [3.63, 3.8) is 0 Å². The van der Waals surface area contributed by atoms with Crippen LogP contribution in [0.25, 0.3) is 10.9 Å². The van der Waals surface area contributed by atoms with Crippen molar-refractivity contribution in [1.82, 2.24) is 15.6 Å². The van der Waals surface area contributed by atoms with E-state index in [9.17, 15) is 0 Å². The van der Waals surface area contributed by atoms with E-state index in [1.165, 1.54) is 10.9 Å². The predicted molar refractivity (Wildman–Crippen MR) is 108 cm³/mol. The molecule has 1 heterocycles. The molecule has 0 saturated heterocycles. The van der Waals surface area contributed by atoms with Gasteiger partial charge in [-0.1, -0.05) is 30.3 Å². The predicted octanol–water partition coefficient (Wildman–Crippen LogP) is 3.61. The summed E-state index contributed by atoms with van der Waals surface area (Å²) < 4.78 is 5.94. The van der Waals surface area contributed by atoms with Gasteiger partial charge in [-0.2, -0.15) is 0 Å². The molecule has 0 fully saturated rings. The van der Waals surface area contributed by atoms with E-state index in [0.717, 1.165) is 22.9 Å². The molecule has 0 aliphatic rings. The highest BCUT2D eigenvalue weighted by atomic mass is 16.5. The van der Waals surface area contributed by atoms with Gasteiger partial charge in [0, 0.05) is 18.3 Å². The molecule has 26 heavy (non-hydrogen) atoms. The van der Waals surface area contributed by atoms with Crippen LogP contribution in [0.4, 0.5) is 0 Å². The van der Waals surface area contributed by atoms with Crippen molar-refractivity contribution >= 4 is 16.9 Å². The van der Waals surface area contributed by atoms with E-state index in [1.54, 1.807) is 7.05 Å². The number of hydrogen-bond acceptors (Lipinski definition) is 2. The van der Waals surface area contributed by atoms with Gasteiger partial charge < -0.3 is 20.4 Å². The van der Waals surface area contributed by atoms with Gasteiger partial charge in [0.1, 0.15) is 11.9 Å². The molecular formula is C21H26N4O. The minimum absolute atomic E-state index is 0.0309. The van der Waals surface area contributed by atoms with E-state index < -0.39 is 0 Å². The highest BCUT2D eigenvalue weighted by Crippen LogP contribution is 2.15. The van der Waals surface area contributed by atoms with Crippen molar-refractivity contribution < 1.29 is 4.74 Å². The largest absolute Gasteiger partial charge is 0.489 e. The third kappa shape index (κ3) is 4.79. The highest BCUT2D eigenvalue weighted by Gasteiger charge is 2.07. The van der Waals surface area contributed by atoms with Gasteiger partial charge in [0.25, 0.3) is 0 Å². The molecule has 3 rings (SSSR count). The standard InChI is InChI=1S/C21H26N4O/c1-15-7-6-9-19(11-15)26-16(2)13-23-21(22-3)24-14-18-12-17-8-4-5-10-20(17)25-18/h4-12,16,25H,13-14H2,1-3H3,(H2,22,23,24). The zero-order valence-electron chi connectivity index (χ0n) is 15.5. The zero-order chi connectivity index (χ0) is 18.4. The Kier molecular flexibility index (Phi) is 5.79. The van der Waals surface area contributed by atoms with Gasteiger partial charge in [-0.3, -0.25) is 4.99 Å². The van der Waals surface area contributed by atoms with Crippen molar-refractivity contribution in [3.05, 3.63) is 65.9 Å². The van der Waals surface area contributed by atoms with Gasteiger partial charge in [-0.25, -0.2) is 0 Å². The summed E-state index contributed by atoms with van der Waals surface area (Å²) in [7, 11) is 1.77. The lowest BCUT2D eigenvalue weighted by molar-refractivity contribution is 0.223. The number of aryl methyl sites for hydroxylation is 1. The van der Waals surface area contributed by atoms with E-state index in [1.807, 2.05) is 37.3 Å². The molecule has 0 aliphatic heterocycles. The summed E-state index contributed by atoms with van der Waals surface area (Å²) in [5.41, 5.74) is 3.46. The molecule has 0 aliphatic carbocycles. The minimum atomic E-state index is 0.0309. The molecule has 1 atom stereocenters. The number of benzene rings is 2. The Morgan fingerprint density at radius 2 is 1.96 bits per heavy atom. The smallest absolute Gasteiger partial charge is 0.191 e. The lowest BCUT2D eigenvalue weighted by atomic mass is 10.2. The monoisotopic (exact) mass is 350 g/mol.